The molecule has 3 saturated heterocycles. The van der Waals surface area contributed by atoms with Crippen LogP contribution in [0.1, 0.15) is 19.3 Å². The van der Waals surface area contributed by atoms with Crippen LogP contribution in [-0.4, -0.2) is 87.3 Å². The van der Waals surface area contributed by atoms with E-state index in [0.29, 0.717) is 25.0 Å². The summed E-state index contributed by atoms with van der Waals surface area (Å²) in [5.41, 5.74) is 0. The molecule has 24 heavy (non-hydrogen) atoms. The van der Waals surface area contributed by atoms with Crippen molar-refractivity contribution in [3.8, 4) is 0 Å². The van der Waals surface area contributed by atoms with Gasteiger partial charge in [0, 0.05) is 32.6 Å². The van der Waals surface area contributed by atoms with Crippen LogP contribution in [-0.2, 0) is 9.53 Å². The van der Waals surface area contributed by atoms with Crippen LogP contribution in [0.15, 0.2) is 0 Å². The Labute approximate surface area is 157 Å². The summed E-state index contributed by atoms with van der Waals surface area (Å²) in [4.78, 5) is 17.2. The molecule has 3 heterocycles. The number of amides is 1. The van der Waals surface area contributed by atoms with Crippen molar-refractivity contribution in [2.75, 3.05) is 59.5 Å². The third-order valence-corrected chi connectivity index (χ3v) is 5.34. The van der Waals surface area contributed by atoms with Crippen molar-refractivity contribution in [3.63, 3.8) is 0 Å². The number of likely N-dealkylation sites (N-methyl/N-ethyl adjacent to an activating group) is 1. The first-order valence-corrected chi connectivity index (χ1v) is 8.73. The van der Waals surface area contributed by atoms with E-state index >= 15 is 0 Å². The van der Waals surface area contributed by atoms with Crippen molar-refractivity contribution in [1.82, 2.24) is 20.4 Å². The van der Waals surface area contributed by atoms with Gasteiger partial charge in [-0.1, -0.05) is 0 Å². The number of hydrogen-bond donors (Lipinski definition) is 2. The van der Waals surface area contributed by atoms with E-state index < -0.39 is 0 Å². The molecule has 6 nitrogen and oxygen atoms in total. The van der Waals surface area contributed by atoms with E-state index in [-0.39, 0.29) is 36.8 Å². The van der Waals surface area contributed by atoms with Crippen molar-refractivity contribution in [1.29, 1.82) is 0 Å². The number of hydrogen-bond acceptors (Lipinski definition) is 5. The summed E-state index contributed by atoms with van der Waals surface area (Å²) < 4.78 is 5.66. The molecule has 0 aromatic carbocycles. The molecular weight excluding hydrogens is 351 g/mol. The van der Waals surface area contributed by atoms with Gasteiger partial charge in [0.1, 0.15) is 0 Å². The monoisotopic (exact) mass is 382 g/mol. The lowest BCUT2D eigenvalue weighted by Gasteiger charge is -2.38. The lowest BCUT2D eigenvalue weighted by Crippen LogP contribution is -2.56. The van der Waals surface area contributed by atoms with E-state index in [0.717, 1.165) is 58.7 Å². The van der Waals surface area contributed by atoms with E-state index in [2.05, 4.69) is 27.5 Å². The summed E-state index contributed by atoms with van der Waals surface area (Å²) in [5.74, 6) is 0.757. The van der Waals surface area contributed by atoms with E-state index in [1.807, 2.05) is 0 Å². The molecule has 0 aliphatic carbocycles. The summed E-state index contributed by atoms with van der Waals surface area (Å²) in [6, 6.07) is 0.517. The molecule has 1 amide bonds. The van der Waals surface area contributed by atoms with Crippen LogP contribution in [0.2, 0.25) is 0 Å². The topological polar surface area (TPSA) is 56.8 Å². The molecule has 0 spiro atoms. The molecule has 0 saturated carbocycles. The predicted molar refractivity (Wildman–Crippen MR) is 100 cm³/mol. The van der Waals surface area contributed by atoms with Crippen molar-refractivity contribution in [3.05, 3.63) is 0 Å². The van der Waals surface area contributed by atoms with E-state index in [4.69, 9.17) is 4.74 Å². The smallest absolute Gasteiger partial charge is 0.220 e. The summed E-state index contributed by atoms with van der Waals surface area (Å²) in [6.45, 7) is 7.87. The molecular formula is C16H32Cl2N4O2. The van der Waals surface area contributed by atoms with E-state index in [1.54, 1.807) is 0 Å². The molecule has 0 unspecified atom stereocenters. The van der Waals surface area contributed by atoms with Crippen LogP contribution in [0, 0.1) is 5.92 Å². The number of nitrogens with one attached hydrogen (secondary N) is 2. The highest BCUT2D eigenvalue weighted by atomic mass is 35.5. The lowest BCUT2D eigenvalue weighted by atomic mass is 9.94. The zero-order valence-electron chi connectivity index (χ0n) is 14.5. The van der Waals surface area contributed by atoms with Crippen LogP contribution < -0.4 is 10.6 Å². The Morgan fingerprint density at radius 3 is 2.46 bits per heavy atom. The van der Waals surface area contributed by atoms with Crippen LogP contribution in [0.3, 0.4) is 0 Å². The minimum absolute atomic E-state index is 0. The first-order valence-electron chi connectivity index (χ1n) is 8.73. The number of nitrogens with zero attached hydrogens (tertiary/aromatic N) is 2. The average molecular weight is 383 g/mol. The number of halogens is 2. The molecule has 3 aliphatic rings. The van der Waals surface area contributed by atoms with Crippen LogP contribution in [0.5, 0.6) is 0 Å². The second-order valence-electron chi connectivity index (χ2n) is 7.02. The van der Waals surface area contributed by atoms with Crippen molar-refractivity contribution >= 4 is 30.7 Å². The molecule has 3 rings (SSSR count). The number of piperidine rings is 1. The van der Waals surface area contributed by atoms with Gasteiger partial charge < -0.3 is 20.3 Å². The molecule has 0 radical (unpaired) electrons. The fourth-order valence-electron chi connectivity index (χ4n) is 3.81. The van der Waals surface area contributed by atoms with Gasteiger partial charge in [0.15, 0.2) is 0 Å². The van der Waals surface area contributed by atoms with Crippen LogP contribution in [0.25, 0.3) is 0 Å². The minimum Gasteiger partial charge on any atom is -0.378 e. The van der Waals surface area contributed by atoms with Gasteiger partial charge in [0.2, 0.25) is 5.91 Å². The Kier molecular flexibility index (Phi) is 9.86. The van der Waals surface area contributed by atoms with Crippen LogP contribution >= 0.6 is 24.8 Å². The lowest BCUT2D eigenvalue weighted by molar-refractivity contribution is -0.123. The molecule has 2 N–H and O–H groups in total. The zero-order chi connectivity index (χ0) is 15.4. The van der Waals surface area contributed by atoms with Gasteiger partial charge in [0.25, 0.3) is 0 Å². The molecule has 2 atom stereocenters. The number of carbonyl (C=O) groups excluding carboxylic acids is 1. The second kappa shape index (κ2) is 10.8. The normalized spacial score (nSPS) is 29.5. The number of ether oxygens (including phenoxy) is 1. The van der Waals surface area contributed by atoms with Crippen molar-refractivity contribution in [2.45, 2.75) is 31.3 Å². The maximum absolute atomic E-state index is 12.3. The van der Waals surface area contributed by atoms with E-state index in [1.165, 1.54) is 0 Å². The summed E-state index contributed by atoms with van der Waals surface area (Å²) in [7, 11) is 2.17. The SMILES string of the molecule is CN1CCN([C@H]2COC[C@@H]2NC(=O)CC2CCNCC2)CC1.Cl.Cl. The first kappa shape index (κ1) is 21.9. The van der Waals surface area contributed by atoms with Crippen molar-refractivity contribution < 1.29 is 9.53 Å². The van der Waals surface area contributed by atoms with Gasteiger partial charge in [0.05, 0.1) is 25.3 Å². The highest BCUT2D eigenvalue weighted by Crippen LogP contribution is 2.18. The maximum Gasteiger partial charge on any atom is 0.220 e. The number of rotatable bonds is 4. The molecule has 3 aliphatic heterocycles. The van der Waals surface area contributed by atoms with Gasteiger partial charge in [-0.3, -0.25) is 9.69 Å². The number of carbonyl (C=O) groups is 1. The van der Waals surface area contributed by atoms with Gasteiger partial charge in [-0.25, -0.2) is 0 Å². The van der Waals surface area contributed by atoms with Gasteiger partial charge >= 0.3 is 0 Å². The van der Waals surface area contributed by atoms with Gasteiger partial charge in [-0.05, 0) is 38.9 Å². The molecule has 0 bridgehead atoms. The Hall–Kier alpha value is -0.110. The third kappa shape index (κ3) is 6.00. The molecule has 0 aromatic heterocycles. The van der Waals surface area contributed by atoms with Crippen LogP contribution in [0.4, 0.5) is 0 Å². The summed E-state index contributed by atoms with van der Waals surface area (Å²) >= 11 is 0. The molecule has 3 fully saturated rings. The third-order valence-electron chi connectivity index (χ3n) is 5.34. The maximum atomic E-state index is 12.3. The van der Waals surface area contributed by atoms with E-state index in [9.17, 15) is 4.79 Å². The molecule has 8 heteroatoms. The highest BCUT2D eigenvalue weighted by Gasteiger charge is 2.35. The predicted octanol–water partition coefficient (Wildman–Crippen LogP) is 0.351. The number of piperazine rings is 1. The summed E-state index contributed by atoms with van der Waals surface area (Å²) in [6.07, 6.45) is 2.92. The van der Waals surface area contributed by atoms with Gasteiger partial charge in [-0.2, -0.15) is 0 Å². The fraction of sp³-hybridized carbons (Fsp3) is 0.938. The zero-order valence-corrected chi connectivity index (χ0v) is 16.2. The fourth-order valence-corrected chi connectivity index (χ4v) is 3.81. The minimum atomic E-state index is 0. The summed E-state index contributed by atoms with van der Waals surface area (Å²) in [5, 5.41) is 6.60. The average Bonchev–Trinajstić information content (AvgIpc) is 2.97. The Morgan fingerprint density at radius 1 is 1.12 bits per heavy atom. The molecule has 0 aromatic rings. The quantitative estimate of drug-likeness (QED) is 0.734. The Bertz CT molecular complexity index is 375. The standard InChI is InChI=1S/C16H30N4O2.2ClH/c1-19-6-8-20(9-7-19)15-12-22-11-14(15)18-16(21)10-13-2-4-17-5-3-13;;/h13-15,17H,2-12H2,1H3,(H,18,21);2*1H/t14-,15-;;/m0../s1. The highest BCUT2D eigenvalue weighted by molar-refractivity contribution is 5.85. The largest absolute Gasteiger partial charge is 0.378 e. The van der Waals surface area contributed by atoms with Crippen molar-refractivity contribution in [2.24, 2.45) is 5.92 Å². The Balaban J connectivity index is 0.00000144. The first-order chi connectivity index (χ1) is 10.7. The Morgan fingerprint density at radius 2 is 1.79 bits per heavy atom. The second-order valence-corrected chi connectivity index (χ2v) is 7.02. The van der Waals surface area contributed by atoms with Gasteiger partial charge in [-0.15, -0.1) is 24.8 Å². The molecule has 142 valence electrons.